The van der Waals surface area contributed by atoms with Crippen molar-refractivity contribution in [3.05, 3.63) is 70.8 Å². The Hall–Kier alpha value is -2.95. The van der Waals surface area contributed by atoms with Gasteiger partial charge in [0.2, 0.25) is 0 Å². The van der Waals surface area contributed by atoms with Gasteiger partial charge in [-0.05, 0) is 55.7 Å². The molecule has 0 radical (unpaired) electrons. The summed E-state index contributed by atoms with van der Waals surface area (Å²) in [4.78, 5) is 16.7. The minimum Gasteiger partial charge on any atom is -0.348 e. The molecule has 0 bridgehead atoms. The van der Waals surface area contributed by atoms with Gasteiger partial charge < -0.3 is 5.32 Å². The van der Waals surface area contributed by atoms with Gasteiger partial charge in [-0.1, -0.05) is 12.1 Å². The van der Waals surface area contributed by atoms with E-state index in [0.717, 1.165) is 33.6 Å². The number of benzene rings is 1. The molecule has 0 saturated carbocycles. The van der Waals surface area contributed by atoms with Gasteiger partial charge in [0.15, 0.2) is 0 Å². The molecule has 3 aromatic rings. The first kappa shape index (κ1) is 16.9. The van der Waals surface area contributed by atoms with E-state index in [4.69, 9.17) is 0 Å². The van der Waals surface area contributed by atoms with Crippen LogP contribution in [0.2, 0.25) is 0 Å². The molecule has 1 N–H and O–H groups in total. The van der Waals surface area contributed by atoms with E-state index in [-0.39, 0.29) is 5.91 Å². The first-order valence-corrected chi connectivity index (χ1v) is 8.25. The summed E-state index contributed by atoms with van der Waals surface area (Å²) in [7, 11) is 1.90. The highest BCUT2D eigenvalue weighted by molar-refractivity contribution is 5.94. The van der Waals surface area contributed by atoms with Gasteiger partial charge in [-0.15, -0.1) is 0 Å². The highest BCUT2D eigenvalue weighted by atomic mass is 16.1. The average molecular weight is 334 g/mol. The lowest BCUT2D eigenvalue weighted by Crippen LogP contribution is -2.23. The molecular weight excluding hydrogens is 312 g/mol. The van der Waals surface area contributed by atoms with Crippen molar-refractivity contribution in [1.82, 2.24) is 20.1 Å². The first-order chi connectivity index (χ1) is 11.9. The lowest BCUT2D eigenvalue weighted by atomic mass is 10.0. The Labute approximate surface area is 147 Å². The molecule has 2 heterocycles. The minimum atomic E-state index is -0.0885. The fourth-order valence-electron chi connectivity index (χ4n) is 2.87. The van der Waals surface area contributed by atoms with E-state index >= 15 is 0 Å². The lowest BCUT2D eigenvalue weighted by molar-refractivity contribution is 0.0951. The van der Waals surface area contributed by atoms with Crippen LogP contribution in [0.4, 0.5) is 0 Å². The minimum absolute atomic E-state index is 0.0885. The molecule has 5 heteroatoms. The number of pyridine rings is 1. The van der Waals surface area contributed by atoms with Crippen LogP contribution in [-0.2, 0) is 13.6 Å². The van der Waals surface area contributed by atoms with Crippen molar-refractivity contribution in [3.63, 3.8) is 0 Å². The molecule has 2 aromatic heterocycles. The summed E-state index contributed by atoms with van der Waals surface area (Å²) in [6.07, 6.45) is 3.80. The quantitative estimate of drug-likeness (QED) is 0.796. The van der Waals surface area contributed by atoms with Crippen LogP contribution in [0.5, 0.6) is 0 Å². The number of amides is 1. The molecule has 0 aliphatic carbocycles. The van der Waals surface area contributed by atoms with Crippen molar-refractivity contribution < 1.29 is 4.79 Å². The van der Waals surface area contributed by atoms with Gasteiger partial charge in [-0.3, -0.25) is 14.5 Å². The smallest absolute Gasteiger partial charge is 0.251 e. The molecule has 0 saturated heterocycles. The molecule has 0 aliphatic rings. The number of carbonyl (C=O) groups excluding carboxylic acids is 1. The molecule has 25 heavy (non-hydrogen) atoms. The van der Waals surface area contributed by atoms with Crippen molar-refractivity contribution in [2.45, 2.75) is 27.3 Å². The van der Waals surface area contributed by atoms with E-state index in [1.807, 2.05) is 70.5 Å². The zero-order valence-electron chi connectivity index (χ0n) is 15.0. The zero-order chi connectivity index (χ0) is 18.0. The fraction of sp³-hybridized carbons (Fsp3) is 0.250. The standard InChI is InChI=1S/C20H22N4O/c1-13-9-14(2)21-10-18(13)11-22-20(25)17-7-5-16(6-8-17)19-12-24(4)23-15(19)3/h5-10,12H,11H2,1-4H3,(H,22,25). The number of rotatable bonds is 4. The number of aromatic nitrogens is 3. The van der Waals surface area contributed by atoms with Crippen LogP contribution in [0, 0.1) is 20.8 Å². The summed E-state index contributed by atoms with van der Waals surface area (Å²) in [6, 6.07) is 9.62. The molecule has 3 rings (SSSR count). The Bertz CT molecular complexity index is 910. The third-order valence-corrected chi connectivity index (χ3v) is 4.27. The van der Waals surface area contributed by atoms with E-state index < -0.39 is 0 Å². The van der Waals surface area contributed by atoms with Crippen LogP contribution < -0.4 is 5.32 Å². The first-order valence-electron chi connectivity index (χ1n) is 8.25. The number of hydrogen-bond acceptors (Lipinski definition) is 3. The number of carbonyl (C=O) groups is 1. The van der Waals surface area contributed by atoms with Gasteiger partial charge in [0.05, 0.1) is 5.69 Å². The largest absolute Gasteiger partial charge is 0.348 e. The van der Waals surface area contributed by atoms with E-state index in [2.05, 4.69) is 15.4 Å². The van der Waals surface area contributed by atoms with Crippen LogP contribution in [0.3, 0.4) is 0 Å². The van der Waals surface area contributed by atoms with E-state index in [9.17, 15) is 4.79 Å². The molecule has 5 nitrogen and oxygen atoms in total. The second kappa shape index (κ2) is 6.89. The summed E-state index contributed by atoms with van der Waals surface area (Å²) in [5.74, 6) is -0.0885. The molecule has 0 aliphatic heterocycles. The molecule has 1 amide bonds. The molecular formula is C20H22N4O. The summed E-state index contributed by atoms with van der Waals surface area (Å²) < 4.78 is 1.79. The third-order valence-electron chi connectivity index (χ3n) is 4.27. The summed E-state index contributed by atoms with van der Waals surface area (Å²) >= 11 is 0. The normalized spacial score (nSPS) is 10.7. The third kappa shape index (κ3) is 3.76. The number of nitrogens with zero attached hydrogens (tertiary/aromatic N) is 3. The Balaban J connectivity index is 1.69. The maximum absolute atomic E-state index is 12.4. The van der Waals surface area contributed by atoms with Gasteiger partial charge in [0, 0.05) is 42.8 Å². The van der Waals surface area contributed by atoms with Gasteiger partial charge in [-0.25, -0.2) is 0 Å². The predicted molar refractivity (Wildman–Crippen MR) is 98.3 cm³/mol. The Kier molecular flexibility index (Phi) is 4.65. The molecule has 128 valence electrons. The van der Waals surface area contributed by atoms with Crippen molar-refractivity contribution in [2.24, 2.45) is 7.05 Å². The maximum atomic E-state index is 12.4. The monoisotopic (exact) mass is 334 g/mol. The van der Waals surface area contributed by atoms with Crippen LogP contribution in [0.25, 0.3) is 11.1 Å². The van der Waals surface area contributed by atoms with E-state index in [1.165, 1.54) is 0 Å². The fourth-order valence-corrected chi connectivity index (χ4v) is 2.87. The second-order valence-electron chi connectivity index (χ2n) is 6.31. The number of hydrogen-bond donors (Lipinski definition) is 1. The zero-order valence-corrected chi connectivity index (χ0v) is 15.0. The van der Waals surface area contributed by atoms with Gasteiger partial charge in [-0.2, -0.15) is 5.10 Å². The Morgan fingerprint density at radius 2 is 1.88 bits per heavy atom. The van der Waals surface area contributed by atoms with Gasteiger partial charge >= 0.3 is 0 Å². The predicted octanol–water partition coefficient (Wildman–Crippen LogP) is 3.34. The highest BCUT2D eigenvalue weighted by Crippen LogP contribution is 2.22. The SMILES string of the molecule is Cc1cc(C)c(CNC(=O)c2ccc(-c3cn(C)nc3C)cc2)cn1. The maximum Gasteiger partial charge on any atom is 0.251 e. The number of aryl methyl sites for hydroxylation is 4. The molecule has 0 spiro atoms. The lowest BCUT2D eigenvalue weighted by Gasteiger charge is -2.09. The molecule has 1 aromatic carbocycles. The Morgan fingerprint density at radius 1 is 1.16 bits per heavy atom. The summed E-state index contributed by atoms with van der Waals surface area (Å²) in [5, 5.41) is 7.31. The summed E-state index contributed by atoms with van der Waals surface area (Å²) in [5.41, 5.74) is 6.90. The van der Waals surface area contributed by atoms with Gasteiger partial charge in [0.25, 0.3) is 5.91 Å². The van der Waals surface area contributed by atoms with Crippen LogP contribution in [0.1, 0.15) is 32.9 Å². The summed E-state index contributed by atoms with van der Waals surface area (Å²) in [6.45, 7) is 6.44. The molecule has 0 atom stereocenters. The van der Waals surface area contributed by atoms with Crippen molar-refractivity contribution in [3.8, 4) is 11.1 Å². The molecule has 0 fully saturated rings. The van der Waals surface area contributed by atoms with Crippen molar-refractivity contribution >= 4 is 5.91 Å². The van der Waals surface area contributed by atoms with Crippen molar-refractivity contribution in [2.75, 3.05) is 0 Å². The van der Waals surface area contributed by atoms with E-state index in [0.29, 0.717) is 12.1 Å². The highest BCUT2D eigenvalue weighted by Gasteiger charge is 2.09. The van der Waals surface area contributed by atoms with Crippen LogP contribution in [-0.4, -0.2) is 20.7 Å². The van der Waals surface area contributed by atoms with Crippen molar-refractivity contribution in [1.29, 1.82) is 0 Å². The Morgan fingerprint density at radius 3 is 2.48 bits per heavy atom. The molecule has 0 unspecified atom stereocenters. The average Bonchev–Trinajstić information content (AvgIpc) is 2.92. The van der Waals surface area contributed by atoms with E-state index in [1.54, 1.807) is 4.68 Å². The number of nitrogens with one attached hydrogen (secondary N) is 1. The van der Waals surface area contributed by atoms with Crippen LogP contribution >= 0.6 is 0 Å². The topological polar surface area (TPSA) is 59.8 Å². The van der Waals surface area contributed by atoms with Gasteiger partial charge in [0.1, 0.15) is 0 Å². The second-order valence-corrected chi connectivity index (χ2v) is 6.31. The van der Waals surface area contributed by atoms with Crippen LogP contribution in [0.15, 0.2) is 42.7 Å².